The molecule has 2 aromatic rings. The molecule has 0 radical (unpaired) electrons. The molecule has 1 fully saturated rings. The molecule has 3 rings (SSSR count). The minimum absolute atomic E-state index is 0.162. The smallest absolute Gasteiger partial charge is 0.245 e. The number of anilines is 1. The first-order valence-corrected chi connectivity index (χ1v) is 8.02. The molecule has 1 aliphatic rings. The fourth-order valence-corrected chi connectivity index (χ4v) is 3.21. The van der Waals surface area contributed by atoms with Gasteiger partial charge in [-0.05, 0) is 36.9 Å². The lowest BCUT2D eigenvalue weighted by atomic mass is 9.82. The highest BCUT2D eigenvalue weighted by atomic mass is 79.9. The van der Waals surface area contributed by atoms with Crippen LogP contribution in [0, 0.1) is 5.41 Å². The number of aromatic amines is 1. The van der Waals surface area contributed by atoms with E-state index in [4.69, 9.17) is 5.73 Å². The van der Waals surface area contributed by atoms with Crippen LogP contribution in [0.2, 0.25) is 0 Å². The zero-order chi connectivity index (χ0) is 14.9. The summed E-state index contributed by atoms with van der Waals surface area (Å²) in [6.45, 7) is 4.85. The molecule has 112 valence electrons. The van der Waals surface area contributed by atoms with Gasteiger partial charge in [0.2, 0.25) is 5.95 Å². The Morgan fingerprint density at radius 1 is 1.48 bits per heavy atom. The minimum atomic E-state index is 0.162. The van der Waals surface area contributed by atoms with Gasteiger partial charge in [-0.2, -0.15) is 4.98 Å². The van der Waals surface area contributed by atoms with Crippen LogP contribution in [0.25, 0.3) is 11.4 Å². The van der Waals surface area contributed by atoms with E-state index < -0.39 is 0 Å². The number of aromatic nitrogens is 3. The van der Waals surface area contributed by atoms with Gasteiger partial charge in [0, 0.05) is 23.1 Å². The van der Waals surface area contributed by atoms with Crippen LogP contribution < -0.4 is 10.6 Å². The van der Waals surface area contributed by atoms with E-state index in [9.17, 15) is 0 Å². The topological polar surface area (TPSA) is 70.8 Å². The molecule has 2 heterocycles. The molecule has 21 heavy (non-hydrogen) atoms. The largest absolute Gasteiger partial charge is 0.339 e. The Labute approximate surface area is 133 Å². The van der Waals surface area contributed by atoms with Crippen molar-refractivity contribution in [3.05, 3.63) is 28.7 Å². The van der Waals surface area contributed by atoms with Gasteiger partial charge in [0.15, 0.2) is 5.82 Å². The van der Waals surface area contributed by atoms with Crippen molar-refractivity contribution in [3.63, 3.8) is 0 Å². The van der Waals surface area contributed by atoms with Gasteiger partial charge in [-0.15, -0.1) is 5.10 Å². The molecule has 0 spiro atoms. The monoisotopic (exact) mass is 349 g/mol. The van der Waals surface area contributed by atoms with Crippen LogP contribution in [0.3, 0.4) is 0 Å². The third-order valence-corrected chi connectivity index (χ3v) is 4.62. The first-order valence-electron chi connectivity index (χ1n) is 7.23. The molecular formula is C15H20BrN5. The Bertz CT molecular complexity index is 626. The van der Waals surface area contributed by atoms with Crippen LogP contribution in [0.15, 0.2) is 28.7 Å². The van der Waals surface area contributed by atoms with Crippen molar-refractivity contribution in [2.75, 3.05) is 24.5 Å². The van der Waals surface area contributed by atoms with Crippen molar-refractivity contribution in [3.8, 4) is 11.4 Å². The molecule has 0 amide bonds. The van der Waals surface area contributed by atoms with Gasteiger partial charge in [0.25, 0.3) is 0 Å². The summed E-state index contributed by atoms with van der Waals surface area (Å²) in [5.41, 5.74) is 7.10. The Hall–Kier alpha value is -1.40. The predicted octanol–water partition coefficient (Wildman–Crippen LogP) is 2.80. The summed E-state index contributed by atoms with van der Waals surface area (Å²) < 4.78 is 1.03. The molecule has 3 N–H and O–H groups in total. The van der Waals surface area contributed by atoms with Crippen molar-refractivity contribution < 1.29 is 0 Å². The van der Waals surface area contributed by atoms with Gasteiger partial charge in [-0.25, -0.2) is 0 Å². The van der Waals surface area contributed by atoms with E-state index in [1.54, 1.807) is 0 Å². The number of hydrogen-bond acceptors (Lipinski definition) is 4. The molecule has 1 aromatic heterocycles. The number of nitrogens with two attached hydrogens (primary N) is 1. The highest BCUT2D eigenvalue weighted by molar-refractivity contribution is 9.10. The van der Waals surface area contributed by atoms with Crippen molar-refractivity contribution in [1.82, 2.24) is 15.2 Å². The quantitative estimate of drug-likeness (QED) is 0.893. The van der Waals surface area contributed by atoms with E-state index in [2.05, 4.69) is 42.9 Å². The van der Waals surface area contributed by atoms with E-state index in [0.29, 0.717) is 6.54 Å². The average Bonchev–Trinajstić information content (AvgIpc) is 2.97. The first kappa shape index (κ1) is 14.5. The van der Waals surface area contributed by atoms with Gasteiger partial charge in [0.1, 0.15) is 0 Å². The molecule has 5 nitrogen and oxygen atoms in total. The maximum Gasteiger partial charge on any atom is 0.245 e. The fourth-order valence-electron chi connectivity index (χ4n) is 2.81. The van der Waals surface area contributed by atoms with Crippen LogP contribution in [0.5, 0.6) is 0 Å². The van der Waals surface area contributed by atoms with E-state index >= 15 is 0 Å². The number of piperidine rings is 1. The van der Waals surface area contributed by atoms with Crippen LogP contribution in [0.1, 0.15) is 19.8 Å². The lowest BCUT2D eigenvalue weighted by Crippen LogP contribution is -2.46. The highest BCUT2D eigenvalue weighted by Gasteiger charge is 2.31. The fraction of sp³-hybridized carbons (Fsp3) is 0.467. The lowest BCUT2D eigenvalue weighted by Gasteiger charge is -2.39. The Balaban J connectivity index is 1.82. The number of rotatable bonds is 3. The average molecular weight is 350 g/mol. The summed E-state index contributed by atoms with van der Waals surface area (Å²) in [5, 5.41) is 7.42. The summed E-state index contributed by atoms with van der Waals surface area (Å²) in [6, 6.07) is 8.05. The Kier molecular flexibility index (Phi) is 3.99. The summed E-state index contributed by atoms with van der Waals surface area (Å²) >= 11 is 3.48. The van der Waals surface area contributed by atoms with Crippen molar-refractivity contribution in [2.45, 2.75) is 19.8 Å². The lowest BCUT2D eigenvalue weighted by molar-refractivity contribution is 0.270. The van der Waals surface area contributed by atoms with Gasteiger partial charge in [-0.3, -0.25) is 5.10 Å². The second-order valence-corrected chi connectivity index (χ2v) is 6.95. The number of nitrogens with zero attached hydrogens (tertiary/aromatic N) is 3. The summed E-state index contributed by atoms with van der Waals surface area (Å²) in [6.07, 6.45) is 2.30. The van der Waals surface area contributed by atoms with Gasteiger partial charge < -0.3 is 10.6 Å². The maximum atomic E-state index is 5.91. The van der Waals surface area contributed by atoms with Gasteiger partial charge in [-0.1, -0.05) is 35.0 Å². The molecule has 1 aliphatic heterocycles. The SMILES string of the molecule is CC1(CN)CCCN(c2n[nH]c(-c3cccc(Br)c3)n2)C1. The van der Waals surface area contributed by atoms with Crippen LogP contribution in [-0.2, 0) is 0 Å². The second kappa shape index (κ2) is 5.77. The minimum Gasteiger partial charge on any atom is -0.339 e. The molecular weight excluding hydrogens is 330 g/mol. The molecule has 1 unspecified atom stereocenters. The van der Waals surface area contributed by atoms with Crippen LogP contribution >= 0.6 is 15.9 Å². The zero-order valence-corrected chi connectivity index (χ0v) is 13.7. The third kappa shape index (κ3) is 3.11. The van der Waals surface area contributed by atoms with E-state index in [-0.39, 0.29) is 5.41 Å². The molecule has 1 aromatic carbocycles. The van der Waals surface area contributed by atoms with Gasteiger partial charge >= 0.3 is 0 Å². The summed E-state index contributed by atoms with van der Waals surface area (Å²) in [4.78, 5) is 6.87. The number of halogens is 1. The van der Waals surface area contributed by atoms with E-state index in [0.717, 1.165) is 41.3 Å². The molecule has 6 heteroatoms. The number of hydrogen-bond donors (Lipinski definition) is 2. The van der Waals surface area contributed by atoms with Crippen LogP contribution in [-0.4, -0.2) is 34.8 Å². The Morgan fingerprint density at radius 2 is 2.33 bits per heavy atom. The summed E-state index contributed by atoms with van der Waals surface area (Å²) in [7, 11) is 0. The zero-order valence-electron chi connectivity index (χ0n) is 12.1. The normalized spacial score (nSPS) is 22.5. The highest BCUT2D eigenvalue weighted by Crippen LogP contribution is 2.30. The van der Waals surface area contributed by atoms with Crippen molar-refractivity contribution >= 4 is 21.9 Å². The molecule has 1 atom stereocenters. The predicted molar refractivity (Wildman–Crippen MR) is 88.1 cm³/mol. The van der Waals surface area contributed by atoms with Crippen LogP contribution in [0.4, 0.5) is 5.95 Å². The maximum absolute atomic E-state index is 5.91. The second-order valence-electron chi connectivity index (χ2n) is 6.03. The first-order chi connectivity index (χ1) is 10.1. The van der Waals surface area contributed by atoms with E-state index in [1.165, 1.54) is 6.42 Å². The van der Waals surface area contributed by atoms with Crippen molar-refractivity contribution in [2.24, 2.45) is 11.1 Å². The van der Waals surface area contributed by atoms with Gasteiger partial charge in [0.05, 0.1) is 0 Å². The molecule has 0 aliphatic carbocycles. The van der Waals surface area contributed by atoms with Crippen molar-refractivity contribution in [1.29, 1.82) is 0 Å². The Morgan fingerprint density at radius 3 is 3.10 bits per heavy atom. The summed E-state index contributed by atoms with van der Waals surface area (Å²) in [5.74, 6) is 1.57. The molecule has 0 bridgehead atoms. The standard InChI is InChI=1S/C15H20BrN5/c1-15(9-17)6-3-7-21(10-15)14-18-13(19-20-14)11-4-2-5-12(16)8-11/h2,4-5,8H,3,6-7,9-10,17H2,1H3,(H,18,19,20). The number of nitrogens with one attached hydrogen (secondary N) is 1. The molecule has 0 saturated carbocycles. The number of H-pyrrole nitrogens is 1. The number of benzene rings is 1. The third-order valence-electron chi connectivity index (χ3n) is 4.13. The van der Waals surface area contributed by atoms with E-state index in [1.807, 2.05) is 24.3 Å². The molecule has 1 saturated heterocycles.